The summed E-state index contributed by atoms with van der Waals surface area (Å²) in [7, 11) is -2.36. The van der Waals surface area contributed by atoms with Gasteiger partial charge in [-0.3, -0.25) is 9.00 Å². The van der Waals surface area contributed by atoms with Gasteiger partial charge in [0.1, 0.15) is 11.6 Å². The Morgan fingerprint density at radius 3 is 2.37 bits per heavy atom. The summed E-state index contributed by atoms with van der Waals surface area (Å²) in [6.07, 6.45) is -5.26. The van der Waals surface area contributed by atoms with Crippen LogP contribution in [0.4, 0.5) is 32.0 Å². The van der Waals surface area contributed by atoms with E-state index in [-0.39, 0.29) is 61.1 Å². The minimum Gasteiger partial charge on any atom is -0.366 e. The number of carbonyl (C=O) groups excluding carboxylic acids is 1. The molecule has 0 N–H and O–H groups in total. The molecule has 1 heterocycles. The Morgan fingerprint density at radius 1 is 1.20 bits per heavy atom. The molecular formula is C19H22F6N2O2S. The van der Waals surface area contributed by atoms with E-state index in [0.717, 1.165) is 6.07 Å². The largest absolute Gasteiger partial charge is 0.400 e. The van der Waals surface area contributed by atoms with Crippen LogP contribution in [0.15, 0.2) is 17.0 Å². The normalized spacial score (nSPS) is 23.0. The maximum absolute atomic E-state index is 14.5. The summed E-state index contributed by atoms with van der Waals surface area (Å²) in [5.41, 5.74) is 0.181. The summed E-state index contributed by atoms with van der Waals surface area (Å²) in [6.45, 7) is 2.16. The van der Waals surface area contributed by atoms with Crippen LogP contribution in [-0.4, -0.2) is 59.0 Å². The minimum absolute atomic E-state index is 0.0191. The molecule has 1 aliphatic heterocycles. The van der Waals surface area contributed by atoms with Crippen LogP contribution in [0.3, 0.4) is 0 Å². The SMILES string of the molecule is Cc1cc(F)c(N2CCN(C(=O)C3CCC(F)(F)C3)CC2)cc1S(=O)CC(F)(F)F. The molecule has 2 atom stereocenters. The fourth-order valence-electron chi connectivity index (χ4n) is 3.94. The highest BCUT2D eigenvalue weighted by molar-refractivity contribution is 7.85. The van der Waals surface area contributed by atoms with Crippen LogP contribution in [-0.2, 0) is 15.6 Å². The van der Waals surface area contributed by atoms with Crippen molar-refractivity contribution < 1.29 is 35.3 Å². The smallest absolute Gasteiger partial charge is 0.366 e. The summed E-state index contributed by atoms with van der Waals surface area (Å²) in [5.74, 6) is -6.07. The summed E-state index contributed by atoms with van der Waals surface area (Å²) < 4.78 is 91.1. The molecule has 1 saturated carbocycles. The van der Waals surface area contributed by atoms with E-state index in [9.17, 15) is 35.3 Å². The monoisotopic (exact) mass is 456 g/mol. The maximum Gasteiger partial charge on any atom is 0.400 e. The molecule has 1 saturated heterocycles. The second-order valence-corrected chi connectivity index (χ2v) is 9.20. The van der Waals surface area contributed by atoms with Crippen LogP contribution >= 0.6 is 0 Å². The first-order valence-corrected chi connectivity index (χ1v) is 10.8. The summed E-state index contributed by atoms with van der Waals surface area (Å²) >= 11 is 0. The lowest BCUT2D eigenvalue weighted by atomic mass is 10.1. The van der Waals surface area contributed by atoms with Gasteiger partial charge in [0.05, 0.1) is 16.5 Å². The molecule has 1 aromatic carbocycles. The number of aryl methyl sites for hydroxylation is 1. The third-order valence-electron chi connectivity index (χ3n) is 5.47. The molecule has 0 aromatic heterocycles. The zero-order valence-corrected chi connectivity index (χ0v) is 17.1. The number of halogens is 6. The molecule has 11 heteroatoms. The molecule has 0 radical (unpaired) electrons. The standard InChI is InChI=1S/C19H22F6N2O2S/c1-12-8-14(20)15(9-16(12)30(29)11-19(23,24)25)26-4-6-27(7-5-26)17(28)13-2-3-18(21,22)10-13/h8-9,13H,2-7,10-11H2,1H3. The first-order valence-electron chi connectivity index (χ1n) is 9.53. The molecule has 2 fully saturated rings. The van der Waals surface area contributed by atoms with Crippen LogP contribution in [0.5, 0.6) is 0 Å². The lowest BCUT2D eigenvalue weighted by molar-refractivity contribution is -0.136. The van der Waals surface area contributed by atoms with Gasteiger partial charge >= 0.3 is 6.18 Å². The van der Waals surface area contributed by atoms with Crippen LogP contribution in [0, 0.1) is 18.7 Å². The molecule has 3 rings (SSSR count). The lowest BCUT2D eigenvalue weighted by Gasteiger charge is -2.37. The Labute approximate surface area is 172 Å². The molecule has 1 aromatic rings. The van der Waals surface area contributed by atoms with Crippen molar-refractivity contribution in [3.05, 3.63) is 23.5 Å². The van der Waals surface area contributed by atoms with E-state index in [2.05, 4.69) is 0 Å². The fraction of sp³-hybridized carbons (Fsp3) is 0.632. The molecule has 1 aliphatic carbocycles. The van der Waals surface area contributed by atoms with Crippen LogP contribution in [0.25, 0.3) is 0 Å². The first kappa shape index (κ1) is 22.9. The van der Waals surface area contributed by atoms with E-state index in [1.165, 1.54) is 17.9 Å². The summed E-state index contributed by atoms with van der Waals surface area (Å²) in [5, 5.41) is 0. The topological polar surface area (TPSA) is 40.6 Å². The van der Waals surface area contributed by atoms with E-state index >= 15 is 0 Å². The van der Waals surface area contributed by atoms with Gasteiger partial charge in [-0.15, -0.1) is 0 Å². The van der Waals surface area contributed by atoms with Gasteiger partial charge in [-0.1, -0.05) is 0 Å². The van der Waals surface area contributed by atoms with Crippen molar-refractivity contribution in [2.45, 2.75) is 43.2 Å². The van der Waals surface area contributed by atoms with Gasteiger partial charge in [0, 0.05) is 49.8 Å². The minimum atomic E-state index is -4.62. The number of anilines is 1. The van der Waals surface area contributed by atoms with Crippen LogP contribution in [0.2, 0.25) is 0 Å². The molecule has 2 unspecified atom stereocenters. The number of amides is 1. The van der Waals surface area contributed by atoms with Crippen molar-refractivity contribution in [2.75, 3.05) is 36.8 Å². The van der Waals surface area contributed by atoms with Gasteiger partial charge in [-0.25, -0.2) is 13.2 Å². The van der Waals surface area contributed by atoms with Gasteiger partial charge in [-0.2, -0.15) is 13.2 Å². The molecular weight excluding hydrogens is 434 g/mol. The molecule has 0 bridgehead atoms. The van der Waals surface area contributed by atoms with Crippen LogP contribution < -0.4 is 4.90 Å². The van der Waals surface area contributed by atoms with Crippen molar-refractivity contribution >= 4 is 22.4 Å². The zero-order chi connectivity index (χ0) is 22.3. The third kappa shape index (κ3) is 5.28. The number of hydrogen-bond donors (Lipinski definition) is 0. The number of piperazine rings is 1. The molecule has 168 valence electrons. The highest BCUT2D eigenvalue weighted by atomic mass is 32.2. The van der Waals surface area contributed by atoms with Crippen molar-refractivity contribution in [3.63, 3.8) is 0 Å². The van der Waals surface area contributed by atoms with Crippen molar-refractivity contribution in [1.29, 1.82) is 0 Å². The maximum atomic E-state index is 14.5. The predicted octanol–water partition coefficient (Wildman–Crippen LogP) is 3.89. The van der Waals surface area contributed by atoms with Gasteiger partial charge in [0.2, 0.25) is 11.8 Å². The van der Waals surface area contributed by atoms with Gasteiger partial charge < -0.3 is 9.80 Å². The van der Waals surface area contributed by atoms with Gasteiger partial charge in [-0.05, 0) is 31.0 Å². The lowest BCUT2D eigenvalue weighted by Crippen LogP contribution is -2.50. The zero-order valence-electron chi connectivity index (χ0n) is 16.3. The number of benzene rings is 1. The second kappa shape index (κ2) is 8.39. The number of carbonyl (C=O) groups is 1. The van der Waals surface area contributed by atoms with E-state index in [1.54, 1.807) is 4.90 Å². The highest BCUT2D eigenvalue weighted by Crippen LogP contribution is 2.40. The number of rotatable bonds is 4. The van der Waals surface area contributed by atoms with Crippen molar-refractivity contribution in [2.24, 2.45) is 5.92 Å². The molecule has 2 aliphatic rings. The van der Waals surface area contributed by atoms with E-state index in [1.807, 2.05) is 0 Å². The van der Waals surface area contributed by atoms with Crippen molar-refractivity contribution in [3.8, 4) is 0 Å². The van der Waals surface area contributed by atoms with Gasteiger partial charge in [0.15, 0.2) is 0 Å². The molecule has 1 amide bonds. The Hall–Kier alpha value is -1.78. The summed E-state index contributed by atoms with van der Waals surface area (Å²) in [4.78, 5) is 15.4. The first-order chi connectivity index (χ1) is 13.9. The average Bonchev–Trinajstić information content (AvgIpc) is 3.00. The predicted molar refractivity (Wildman–Crippen MR) is 99.5 cm³/mol. The van der Waals surface area contributed by atoms with Gasteiger partial charge in [0.25, 0.3) is 0 Å². The number of hydrogen-bond acceptors (Lipinski definition) is 3. The highest BCUT2D eigenvalue weighted by Gasteiger charge is 2.44. The van der Waals surface area contributed by atoms with E-state index in [4.69, 9.17) is 0 Å². The quantitative estimate of drug-likeness (QED) is 0.646. The Bertz CT molecular complexity index is 837. The molecule has 0 spiro atoms. The Balaban J connectivity index is 1.68. The van der Waals surface area contributed by atoms with Crippen molar-refractivity contribution in [1.82, 2.24) is 4.90 Å². The number of alkyl halides is 5. The molecule has 4 nitrogen and oxygen atoms in total. The Morgan fingerprint density at radius 2 is 1.83 bits per heavy atom. The van der Waals surface area contributed by atoms with E-state index < -0.39 is 46.8 Å². The third-order valence-corrected chi connectivity index (χ3v) is 6.99. The van der Waals surface area contributed by atoms with Crippen LogP contribution in [0.1, 0.15) is 24.8 Å². The average molecular weight is 456 g/mol. The second-order valence-electron chi connectivity index (χ2n) is 7.78. The number of nitrogens with zero attached hydrogens (tertiary/aromatic N) is 2. The fourth-order valence-corrected chi connectivity index (χ4v) is 5.06. The van der Waals surface area contributed by atoms with E-state index in [0.29, 0.717) is 0 Å². The Kier molecular flexibility index (Phi) is 6.41. The molecule has 30 heavy (non-hydrogen) atoms. The summed E-state index contributed by atoms with van der Waals surface area (Å²) in [6, 6.07) is 2.22.